The number of likely N-dealkylation sites (N-methyl/N-ethyl adjacent to an activating group) is 2. The van der Waals surface area contributed by atoms with Gasteiger partial charge in [-0.2, -0.15) is 0 Å². The highest BCUT2D eigenvalue weighted by molar-refractivity contribution is 5.90. The summed E-state index contributed by atoms with van der Waals surface area (Å²) < 4.78 is 5.93. The van der Waals surface area contributed by atoms with E-state index in [0.717, 1.165) is 12.0 Å². The number of rotatable bonds is 23. The highest BCUT2D eigenvalue weighted by Crippen LogP contribution is 2.24. The van der Waals surface area contributed by atoms with Gasteiger partial charge in [0.15, 0.2) is 0 Å². The summed E-state index contributed by atoms with van der Waals surface area (Å²) in [6.07, 6.45) is 1.35. The van der Waals surface area contributed by atoms with Crippen molar-refractivity contribution in [2.24, 2.45) is 23.7 Å². The van der Waals surface area contributed by atoms with E-state index >= 15 is 0 Å². The van der Waals surface area contributed by atoms with Crippen LogP contribution in [0.5, 0.6) is 0 Å². The summed E-state index contributed by atoms with van der Waals surface area (Å²) in [5, 5.41) is 18.4. The number of carboxylic acids is 1. The molecule has 0 aliphatic rings. The molecule has 0 unspecified atom stereocenters. The minimum atomic E-state index is -1.11. The van der Waals surface area contributed by atoms with Crippen molar-refractivity contribution in [1.29, 1.82) is 0 Å². The van der Waals surface area contributed by atoms with Crippen LogP contribution in [0, 0.1) is 23.7 Å². The predicted molar refractivity (Wildman–Crippen MR) is 196 cm³/mol. The Labute approximate surface area is 300 Å². The fraction of sp³-hybridized carbons (Fsp3) is 0.711. The Kier molecular flexibility index (Phi) is 19.9. The first kappa shape index (κ1) is 44.5. The maximum absolute atomic E-state index is 14.0. The third kappa shape index (κ3) is 13.7. The van der Waals surface area contributed by atoms with Crippen molar-refractivity contribution in [2.75, 3.05) is 34.3 Å². The quantitative estimate of drug-likeness (QED) is 0.134. The Morgan fingerprint density at radius 3 is 1.94 bits per heavy atom. The van der Waals surface area contributed by atoms with Crippen LogP contribution in [0.2, 0.25) is 0 Å². The first-order chi connectivity index (χ1) is 23.5. The molecule has 0 aliphatic carbocycles. The zero-order valence-corrected chi connectivity index (χ0v) is 32.3. The van der Waals surface area contributed by atoms with Crippen molar-refractivity contribution in [3.05, 3.63) is 35.9 Å². The number of carboxylic acid groups (broad SMARTS) is 1. The van der Waals surface area contributed by atoms with Gasteiger partial charge in [-0.3, -0.25) is 19.2 Å². The van der Waals surface area contributed by atoms with Gasteiger partial charge in [-0.15, -0.1) is 0 Å². The third-order valence-corrected chi connectivity index (χ3v) is 9.59. The summed E-state index contributed by atoms with van der Waals surface area (Å²) >= 11 is 0. The molecule has 0 saturated carbocycles. The normalized spacial score (nSPS) is 15.7. The van der Waals surface area contributed by atoms with E-state index in [1.54, 1.807) is 37.9 Å². The first-order valence-corrected chi connectivity index (χ1v) is 18.2. The standard InChI is InChI=1S/C38H65N5O7/c1-12-20-43(21-19-27(8)35(45)40-29(38(48)49)22-28-17-15-14-16-18-28)31(44)23-30(50-11)34(26(7)13-2)42(10)37(47)33(25(5)6)41-36(46)32(39-9)24(3)4/h14-18,24-27,29-30,32-34,39H,12-13,19-23H2,1-11H3,(H,40,45)(H,41,46)(H,48,49)/t26-,27+,29-,30+,32-,33-,34-/m0/s1. The Balaban J connectivity index is 3.09. The molecule has 1 aromatic rings. The van der Waals surface area contributed by atoms with Gasteiger partial charge in [0.05, 0.1) is 24.6 Å². The van der Waals surface area contributed by atoms with Crippen molar-refractivity contribution in [2.45, 2.75) is 118 Å². The molecule has 0 saturated heterocycles. The van der Waals surface area contributed by atoms with Crippen molar-refractivity contribution in [1.82, 2.24) is 25.8 Å². The molecule has 0 heterocycles. The Hall–Kier alpha value is -3.51. The molecule has 0 radical (unpaired) electrons. The van der Waals surface area contributed by atoms with Gasteiger partial charge in [-0.1, -0.05) is 92.1 Å². The van der Waals surface area contributed by atoms with Gasteiger partial charge < -0.3 is 35.6 Å². The third-order valence-electron chi connectivity index (χ3n) is 9.59. The number of carbonyl (C=O) groups excluding carboxylic acids is 4. The molecule has 1 rings (SSSR count). The fourth-order valence-electron chi connectivity index (χ4n) is 6.25. The van der Waals surface area contributed by atoms with Gasteiger partial charge in [0, 0.05) is 39.6 Å². The molecule has 0 spiro atoms. The number of nitrogens with one attached hydrogen (secondary N) is 3. The first-order valence-electron chi connectivity index (χ1n) is 18.2. The lowest BCUT2D eigenvalue weighted by Crippen LogP contribution is -2.59. The van der Waals surface area contributed by atoms with Gasteiger partial charge in [0.25, 0.3) is 0 Å². The molecule has 4 N–H and O–H groups in total. The largest absolute Gasteiger partial charge is 0.480 e. The van der Waals surface area contributed by atoms with E-state index in [1.807, 2.05) is 78.8 Å². The second-order valence-electron chi connectivity index (χ2n) is 14.2. The number of methoxy groups -OCH3 is 1. The van der Waals surface area contributed by atoms with Crippen molar-refractivity contribution >= 4 is 29.6 Å². The van der Waals surface area contributed by atoms with Gasteiger partial charge in [-0.05, 0) is 43.2 Å². The number of ether oxygens (including phenoxy) is 1. The summed E-state index contributed by atoms with van der Waals surface area (Å²) in [7, 11) is 4.97. The number of nitrogens with zero attached hydrogens (tertiary/aromatic N) is 2. The second-order valence-corrected chi connectivity index (χ2v) is 14.2. The van der Waals surface area contributed by atoms with E-state index in [0.29, 0.717) is 25.9 Å². The number of benzene rings is 1. The van der Waals surface area contributed by atoms with Crippen molar-refractivity contribution in [3.63, 3.8) is 0 Å². The summed E-state index contributed by atoms with van der Waals surface area (Å²) in [6, 6.07) is 6.40. The van der Waals surface area contributed by atoms with E-state index in [-0.39, 0.29) is 54.2 Å². The van der Waals surface area contributed by atoms with E-state index < -0.39 is 42.2 Å². The van der Waals surface area contributed by atoms with E-state index in [9.17, 15) is 29.1 Å². The molecule has 50 heavy (non-hydrogen) atoms. The molecule has 0 aromatic heterocycles. The number of aliphatic carboxylic acids is 1. The summed E-state index contributed by atoms with van der Waals surface area (Å²) in [5.74, 6) is -2.84. The predicted octanol–water partition coefficient (Wildman–Crippen LogP) is 3.73. The van der Waals surface area contributed by atoms with Gasteiger partial charge in [0.2, 0.25) is 23.6 Å². The van der Waals surface area contributed by atoms with Crippen LogP contribution in [-0.4, -0.2) is 109 Å². The van der Waals surface area contributed by atoms with Crippen molar-refractivity contribution < 1.29 is 33.8 Å². The van der Waals surface area contributed by atoms with Crippen LogP contribution in [-0.2, 0) is 35.1 Å². The van der Waals surface area contributed by atoms with Gasteiger partial charge in [0.1, 0.15) is 12.1 Å². The lowest BCUT2D eigenvalue weighted by molar-refractivity contribution is -0.146. The zero-order chi connectivity index (χ0) is 38.1. The lowest BCUT2D eigenvalue weighted by Gasteiger charge is -2.40. The van der Waals surface area contributed by atoms with E-state index in [2.05, 4.69) is 16.0 Å². The molecular formula is C38H65N5O7. The topological polar surface area (TPSA) is 157 Å². The van der Waals surface area contributed by atoms with Crippen LogP contribution in [0.25, 0.3) is 0 Å². The number of amides is 4. The summed E-state index contributed by atoms with van der Waals surface area (Å²) in [6.45, 7) is 16.2. The average molecular weight is 704 g/mol. The van der Waals surface area contributed by atoms with Gasteiger partial charge >= 0.3 is 5.97 Å². The second kappa shape index (κ2) is 22.3. The molecular weight excluding hydrogens is 638 g/mol. The van der Waals surface area contributed by atoms with Crippen LogP contribution in [0.1, 0.15) is 86.6 Å². The maximum atomic E-state index is 14.0. The van der Waals surface area contributed by atoms with E-state index in [4.69, 9.17) is 4.74 Å². The lowest BCUT2D eigenvalue weighted by atomic mass is 9.89. The molecule has 7 atom stereocenters. The molecule has 12 nitrogen and oxygen atoms in total. The monoisotopic (exact) mass is 703 g/mol. The molecule has 4 amide bonds. The SMILES string of the molecule is CCCN(CC[C@@H](C)C(=O)N[C@@H](Cc1ccccc1)C(=O)O)C(=O)C[C@@H](OC)[C@H]([C@@H](C)CC)N(C)C(=O)[C@@H](NC(=O)[C@@H](NC)C(C)C)C(C)C. The van der Waals surface area contributed by atoms with Gasteiger partial charge in [-0.25, -0.2) is 4.79 Å². The molecule has 284 valence electrons. The minimum Gasteiger partial charge on any atom is -0.480 e. The molecule has 0 bridgehead atoms. The number of carbonyl (C=O) groups is 5. The van der Waals surface area contributed by atoms with Crippen LogP contribution in [0.15, 0.2) is 30.3 Å². The van der Waals surface area contributed by atoms with Crippen LogP contribution in [0.3, 0.4) is 0 Å². The highest BCUT2D eigenvalue weighted by Gasteiger charge is 2.39. The Morgan fingerprint density at radius 1 is 0.860 bits per heavy atom. The summed E-state index contributed by atoms with van der Waals surface area (Å²) in [4.78, 5) is 69.3. The number of hydrogen-bond donors (Lipinski definition) is 4. The Bertz CT molecular complexity index is 1210. The average Bonchev–Trinajstić information content (AvgIpc) is 3.07. The molecule has 0 fully saturated rings. The number of hydrogen-bond acceptors (Lipinski definition) is 7. The fourth-order valence-corrected chi connectivity index (χ4v) is 6.25. The summed E-state index contributed by atoms with van der Waals surface area (Å²) in [5.41, 5.74) is 0.807. The smallest absolute Gasteiger partial charge is 0.326 e. The van der Waals surface area contributed by atoms with Crippen molar-refractivity contribution in [3.8, 4) is 0 Å². The van der Waals surface area contributed by atoms with Crippen LogP contribution >= 0.6 is 0 Å². The van der Waals surface area contributed by atoms with E-state index in [1.165, 1.54) is 0 Å². The highest BCUT2D eigenvalue weighted by atomic mass is 16.5. The zero-order valence-electron chi connectivity index (χ0n) is 32.3. The maximum Gasteiger partial charge on any atom is 0.326 e. The Morgan fingerprint density at radius 2 is 1.46 bits per heavy atom. The minimum absolute atomic E-state index is 0.0210. The van der Waals surface area contributed by atoms with Crippen LogP contribution < -0.4 is 16.0 Å². The molecule has 12 heteroatoms. The van der Waals surface area contributed by atoms with Crippen LogP contribution in [0.4, 0.5) is 0 Å². The molecule has 0 aliphatic heterocycles. The molecule has 1 aromatic carbocycles.